The lowest BCUT2D eigenvalue weighted by molar-refractivity contribution is 0.353. The van der Waals surface area contributed by atoms with Crippen molar-refractivity contribution in [2.45, 2.75) is 39.4 Å². The number of rotatable bonds is 5. The van der Waals surface area contributed by atoms with Gasteiger partial charge in [0.25, 0.3) is 0 Å². The Balaban J connectivity index is 1.87. The van der Waals surface area contributed by atoms with E-state index in [9.17, 15) is 0 Å². The zero-order valence-electron chi connectivity index (χ0n) is 10.4. The molecule has 5 heteroatoms. The lowest BCUT2D eigenvalue weighted by Crippen LogP contribution is -2.33. The molecule has 0 saturated carbocycles. The van der Waals surface area contributed by atoms with Crippen molar-refractivity contribution in [2.24, 2.45) is 0 Å². The van der Waals surface area contributed by atoms with Gasteiger partial charge in [-0.25, -0.2) is 0 Å². The maximum atomic E-state index is 5.02. The molecule has 2 aromatic rings. The second kappa shape index (κ2) is 5.14. The van der Waals surface area contributed by atoms with Gasteiger partial charge in [0.15, 0.2) is 0 Å². The summed E-state index contributed by atoms with van der Waals surface area (Å²) in [5.41, 5.74) is 0.932. The summed E-state index contributed by atoms with van der Waals surface area (Å²) in [4.78, 5) is 0. The SMILES string of the molecule is Cc1cc(CN[C@@H](C)[C@H](C)n2cccn2)no1. The van der Waals surface area contributed by atoms with E-state index in [2.05, 4.69) is 29.4 Å². The molecule has 5 nitrogen and oxygen atoms in total. The normalized spacial score (nSPS) is 14.8. The Labute approximate surface area is 101 Å². The molecule has 0 bridgehead atoms. The summed E-state index contributed by atoms with van der Waals surface area (Å²) in [6.07, 6.45) is 3.77. The fourth-order valence-electron chi connectivity index (χ4n) is 1.69. The molecule has 2 atom stereocenters. The van der Waals surface area contributed by atoms with Crippen LogP contribution in [0.15, 0.2) is 29.0 Å². The molecule has 0 aliphatic carbocycles. The summed E-state index contributed by atoms with van der Waals surface area (Å²) in [7, 11) is 0. The molecule has 2 heterocycles. The Morgan fingerprint density at radius 3 is 2.88 bits per heavy atom. The largest absolute Gasteiger partial charge is 0.361 e. The molecule has 2 rings (SSSR count). The van der Waals surface area contributed by atoms with Crippen molar-refractivity contribution < 1.29 is 4.52 Å². The topological polar surface area (TPSA) is 55.9 Å². The molecular formula is C12H18N4O. The zero-order valence-corrected chi connectivity index (χ0v) is 10.4. The van der Waals surface area contributed by atoms with Crippen molar-refractivity contribution in [3.8, 4) is 0 Å². The van der Waals surface area contributed by atoms with Crippen LogP contribution in [0.1, 0.15) is 31.3 Å². The molecular weight excluding hydrogens is 216 g/mol. The van der Waals surface area contributed by atoms with E-state index in [1.54, 1.807) is 6.20 Å². The molecule has 0 fully saturated rings. The van der Waals surface area contributed by atoms with Crippen LogP contribution in [0.2, 0.25) is 0 Å². The highest BCUT2D eigenvalue weighted by atomic mass is 16.5. The summed E-state index contributed by atoms with van der Waals surface area (Å²) >= 11 is 0. The van der Waals surface area contributed by atoms with Gasteiger partial charge in [-0.05, 0) is 26.8 Å². The van der Waals surface area contributed by atoms with Gasteiger partial charge in [-0.2, -0.15) is 5.10 Å². The predicted molar refractivity (Wildman–Crippen MR) is 64.5 cm³/mol. The Morgan fingerprint density at radius 2 is 2.29 bits per heavy atom. The van der Waals surface area contributed by atoms with Gasteiger partial charge in [0, 0.05) is 31.0 Å². The Bertz CT molecular complexity index is 449. The van der Waals surface area contributed by atoms with Crippen molar-refractivity contribution in [1.82, 2.24) is 20.3 Å². The third-order valence-electron chi connectivity index (χ3n) is 2.95. The smallest absolute Gasteiger partial charge is 0.133 e. The summed E-state index contributed by atoms with van der Waals surface area (Å²) < 4.78 is 6.97. The average Bonchev–Trinajstić information content (AvgIpc) is 2.95. The fourth-order valence-corrected chi connectivity index (χ4v) is 1.69. The number of hydrogen-bond acceptors (Lipinski definition) is 4. The Morgan fingerprint density at radius 1 is 1.47 bits per heavy atom. The molecule has 0 spiro atoms. The molecule has 0 aliphatic rings. The summed E-state index contributed by atoms with van der Waals surface area (Å²) in [5, 5.41) is 11.6. The quantitative estimate of drug-likeness (QED) is 0.858. The second-order valence-electron chi connectivity index (χ2n) is 4.33. The zero-order chi connectivity index (χ0) is 12.3. The van der Waals surface area contributed by atoms with E-state index >= 15 is 0 Å². The molecule has 0 unspecified atom stereocenters. The van der Waals surface area contributed by atoms with Gasteiger partial charge >= 0.3 is 0 Å². The minimum atomic E-state index is 0.304. The van der Waals surface area contributed by atoms with Crippen LogP contribution < -0.4 is 5.32 Å². The number of aromatic nitrogens is 3. The highest BCUT2D eigenvalue weighted by Crippen LogP contribution is 2.10. The van der Waals surface area contributed by atoms with E-state index in [1.165, 1.54) is 0 Å². The van der Waals surface area contributed by atoms with Crippen LogP contribution in [0.25, 0.3) is 0 Å². The Kier molecular flexibility index (Phi) is 3.58. The van der Waals surface area contributed by atoms with Crippen LogP contribution in [0.4, 0.5) is 0 Å². The second-order valence-corrected chi connectivity index (χ2v) is 4.33. The molecule has 2 aromatic heterocycles. The standard InChI is InChI=1S/C12H18N4O/c1-9-7-12(15-17-9)8-13-10(2)11(3)16-6-4-5-14-16/h4-7,10-11,13H,8H2,1-3H3/t10-,11-/m0/s1. The van der Waals surface area contributed by atoms with E-state index in [4.69, 9.17) is 4.52 Å². The molecule has 17 heavy (non-hydrogen) atoms. The van der Waals surface area contributed by atoms with E-state index < -0.39 is 0 Å². The number of aryl methyl sites for hydroxylation is 1. The van der Waals surface area contributed by atoms with Crippen LogP contribution >= 0.6 is 0 Å². The third kappa shape index (κ3) is 2.94. The first kappa shape index (κ1) is 11.9. The molecule has 1 N–H and O–H groups in total. The van der Waals surface area contributed by atoms with Crippen LogP contribution in [-0.2, 0) is 6.54 Å². The molecule has 0 saturated heterocycles. The van der Waals surface area contributed by atoms with Gasteiger partial charge in [-0.15, -0.1) is 0 Å². The highest BCUT2D eigenvalue weighted by Gasteiger charge is 2.14. The minimum absolute atomic E-state index is 0.304. The van der Waals surface area contributed by atoms with Gasteiger partial charge in [-0.1, -0.05) is 5.16 Å². The highest BCUT2D eigenvalue weighted by molar-refractivity contribution is 5.03. The molecule has 0 amide bonds. The van der Waals surface area contributed by atoms with Crippen molar-refractivity contribution >= 4 is 0 Å². The summed E-state index contributed by atoms with van der Waals surface area (Å²) in [5.74, 6) is 0.842. The van der Waals surface area contributed by atoms with Gasteiger partial charge < -0.3 is 9.84 Å². The van der Waals surface area contributed by atoms with Gasteiger partial charge in [0.2, 0.25) is 0 Å². The molecule has 0 radical (unpaired) electrons. The van der Waals surface area contributed by atoms with Crippen molar-refractivity contribution in [2.75, 3.05) is 0 Å². The van der Waals surface area contributed by atoms with Crippen LogP contribution in [-0.4, -0.2) is 21.0 Å². The first-order chi connectivity index (χ1) is 8.16. The predicted octanol–water partition coefficient (Wildman–Crippen LogP) is 1.92. The first-order valence-corrected chi connectivity index (χ1v) is 5.81. The van der Waals surface area contributed by atoms with E-state index in [0.717, 1.165) is 11.5 Å². The van der Waals surface area contributed by atoms with Gasteiger partial charge in [0.1, 0.15) is 5.76 Å². The fraction of sp³-hybridized carbons (Fsp3) is 0.500. The van der Waals surface area contributed by atoms with Crippen LogP contribution in [0, 0.1) is 6.92 Å². The molecule has 92 valence electrons. The summed E-state index contributed by atoms with van der Waals surface area (Å²) in [6, 6.07) is 4.49. The van der Waals surface area contributed by atoms with Gasteiger partial charge in [-0.3, -0.25) is 4.68 Å². The summed E-state index contributed by atoms with van der Waals surface area (Å²) in [6.45, 7) is 6.88. The minimum Gasteiger partial charge on any atom is -0.361 e. The number of hydrogen-bond donors (Lipinski definition) is 1. The maximum absolute atomic E-state index is 5.02. The van der Waals surface area contributed by atoms with Crippen LogP contribution in [0.5, 0.6) is 0 Å². The lowest BCUT2D eigenvalue weighted by atomic mass is 10.1. The number of nitrogens with zero attached hydrogens (tertiary/aromatic N) is 3. The van der Waals surface area contributed by atoms with E-state index in [-0.39, 0.29) is 0 Å². The van der Waals surface area contributed by atoms with E-state index in [0.29, 0.717) is 18.6 Å². The average molecular weight is 234 g/mol. The van der Waals surface area contributed by atoms with Crippen LogP contribution in [0.3, 0.4) is 0 Å². The molecule has 0 aromatic carbocycles. The van der Waals surface area contributed by atoms with Crippen molar-refractivity contribution in [3.05, 3.63) is 36.0 Å². The first-order valence-electron chi connectivity index (χ1n) is 5.81. The van der Waals surface area contributed by atoms with E-state index in [1.807, 2.05) is 29.9 Å². The monoisotopic (exact) mass is 234 g/mol. The Hall–Kier alpha value is -1.62. The lowest BCUT2D eigenvalue weighted by Gasteiger charge is -2.21. The third-order valence-corrected chi connectivity index (χ3v) is 2.95. The number of nitrogens with one attached hydrogen (secondary N) is 1. The maximum Gasteiger partial charge on any atom is 0.133 e. The van der Waals surface area contributed by atoms with Crippen molar-refractivity contribution in [3.63, 3.8) is 0 Å². The molecule has 0 aliphatic heterocycles. The van der Waals surface area contributed by atoms with Crippen molar-refractivity contribution in [1.29, 1.82) is 0 Å². The van der Waals surface area contributed by atoms with Gasteiger partial charge in [0.05, 0.1) is 11.7 Å².